The van der Waals surface area contributed by atoms with Crippen LogP contribution in [0, 0.1) is 0 Å². The van der Waals surface area contributed by atoms with Gasteiger partial charge in [0.2, 0.25) is 0 Å². The molecule has 0 bridgehead atoms. The third-order valence-electron chi connectivity index (χ3n) is 2.55. The first-order chi connectivity index (χ1) is 7.77. The van der Waals surface area contributed by atoms with Crippen molar-refractivity contribution >= 4 is 41.5 Å². The maximum absolute atomic E-state index is 11.5. The number of carbonyl (C=O) groups excluding carboxylic acids is 2. The van der Waals surface area contributed by atoms with Crippen LogP contribution in [0.3, 0.4) is 0 Å². The Morgan fingerprint density at radius 3 is 2.53 bits per heavy atom. The van der Waals surface area contributed by atoms with Gasteiger partial charge in [-0.1, -0.05) is 18.2 Å². The van der Waals surface area contributed by atoms with Gasteiger partial charge in [0.15, 0.2) is 0 Å². The molecule has 86 valence electrons. The van der Waals surface area contributed by atoms with E-state index < -0.39 is 11.9 Å². The van der Waals surface area contributed by atoms with Crippen LogP contribution in [0.1, 0.15) is 23.2 Å². The Morgan fingerprint density at radius 1 is 1.24 bits per heavy atom. The molecule has 0 saturated carbocycles. The number of carbonyl (C=O) groups is 2. The summed E-state index contributed by atoms with van der Waals surface area (Å²) in [5, 5.41) is 2.99. The molecule has 2 rings (SSSR count). The molecule has 0 radical (unpaired) electrons. The number of esters is 2. The average molecular weight is 243 g/mol. The van der Waals surface area contributed by atoms with E-state index in [1.165, 1.54) is 0 Å². The molecule has 1 atom stereocenters. The third-order valence-corrected chi connectivity index (χ3v) is 2.55. The van der Waals surface area contributed by atoms with Crippen molar-refractivity contribution in [3.8, 4) is 0 Å². The van der Waals surface area contributed by atoms with E-state index in [2.05, 4.69) is 5.32 Å². The minimum absolute atomic E-state index is 0. The molecule has 1 fully saturated rings. The Bertz CT molecular complexity index is 388. The number of benzene rings is 1. The fourth-order valence-corrected chi connectivity index (χ4v) is 1.68. The van der Waals surface area contributed by atoms with Gasteiger partial charge >= 0.3 is 41.5 Å². The summed E-state index contributed by atoms with van der Waals surface area (Å²) >= 11 is 0. The first-order valence-corrected chi connectivity index (χ1v) is 5.32. The average Bonchev–Trinajstić information content (AvgIpc) is 2.83. The van der Waals surface area contributed by atoms with Crippen molar-refractivity contribution in [1.29, 1.82) is 0 Å². The number of nitrogens with one attached hydrogen (secondary N) is 1. The van der Waals surface area contributed by atoms with Crippen molar-refractivity contribution < 1.29 is 14.3 Å². The van der Waals surface area contributed by atoms with E-state index >= 15 is 0 Å². The Labute approximate surface area is 122 Å². The molecule has 4 nitrogen and oxygen atoms in total. The molecule has 0 spiro atoms. The van der Waals surface area contributed by atoms with Crippen LogP contribution in [-0.2, 0) is 9.53 Å². The van der Waals surface area contributed by atoms with Crippen LogP contribution in [0.2, 0.25) is 0 Å². The van der Waals surface area contributed by atoms with Crippen LogP contribution < -0.4 is 5.32 Å². The summed E-state index contributed by atoms with van der Waals surface area (Å²) in [6.45, 7) is 0.805. The normalized spacial score (nSPS) is 18.2. The van der Waals surface area contributed by atoms with Crippen molar-refractivity contribution in [2.75, 3.05) is 6.54 Å². The SMILES string of the molecule is O=C(OC(=O)[C@@H]1CCCN1)c1ccccc1.[NaH]. The minimum atomic E-state index is -0.584. The first kappa shape index (κ1) is 14.4. The van der Waals surface area contributed by atoms with E-state index in [1.54, 1.807) is 30.3 Å². The molecule has 1 heterocycles. The third kappa shape index (κ3) is 3.92. The Hall–Kier alpha value is -0.680. The topological polar surface area (TPSA) is 55.4 Å². The second kappa shape index (κ2) is 6.91. The predicted molar refractivity (Wildman–Crippen MR) is 65.0 cm³/mol. The number of hydrogen-bond acceptors (Lipinski definition) is 4. The van der Waals surface area contributed by atoms with Gasteiger partial charge in [-0.3, -0.25) is 0 Å². The Kier molecular flexibility index (Phi) is 5.85. The summed E-state index contributed by atoms with van der Waals surface area (Å²) in [4.78, 5) is 23.1. The van der Waals surface area contributed by atoms with Crippen molar-refractivity contribution in [3.63, 3.8) is 0 Å². The van der Waals surface area contributed by atoms with Crippen LogP contribution in [-0.4, -0.2) is 54.1 Å². The van der Waals surface area contributed by atoms with Gasteiger partial charge in [0.05, 0.1) is 5.56 Å². The Balaban J connectivity index is 0.00000144. The molecule has 0 amide bonds. The molecule has 1 saturated heterocycles. The van der Waals surface area contributed by atoms with Gasteiger partial charge in [-0.2, -0.15) is 0 Å². The van der Waals surface area contributed by atoms with E-state index in [-0.39, 0.29) is 35.6 Å². The zero-order valence-corrected chi connectivity index (χ0v) is 8.81. The zero-order valence-electron chi connectivity index (χ0n) is 8.81. The van der Waals surface area contributed by atoms with E-state index in [9.17, 15) is 9.59 Å². The molecule has 1 aliphatic rings. The van der Waals surface area contributed by atoms with Gasteiger partial charge in [0, 0.05) is 0 Å². The Morgan fingerprint density at radius 2 is 1.94 bits per heavy atom. The zero-order chi connectivity index (χ0) is 11.4. The van der Waals surface area contributed by atoms with E-state index in [0.29, 0.717) is 5.56 Å². The van der Waals surface area contributed by atoms with E-state index in [4.69, 9.17) is 4.74 Å². The second-order valence-electron chi connectivity index (χ2n) is 3.72. The van der Waals surface area contributed by atoms with Crippen LogP contribution >= 0.6 is 0 Å². The molecule has 1 aliphatic heterocycles. The number of hydrogen-bond donors (Lipinski definition) is 1. The monoisotopic (exact) mass is 243 g/mol. The molecule has 5 heteroatoms. The molecule has 17 heavy (non-hydrogen) atoms. The molecular formula is C12H14NNaO3. The summed E-state index contributed by atoms with van der Waals surface area (Å²) < 4.78 is 4.78. The molecule has 1 aromatic rings. The first-order valence-electron chi connectivity index (χ1n) is 5.32. The number of rotatable bonds is 2. The van der Waals surface area contributed by atoms with E-state index in [0.717, 1.165) is 19.4 Å². The van der Waals surface area contributed by atoms with Gasteiger partial charge < -0.3 is 10.1 Å². The van der Waals surface area contributed by atoms with Gasteiger partial charge in [-0.15, -0.1) is 0 Å². The summed E-state index contributed by atoms with van der Waals surface area (Å²) in [6.07, 6.45) is 1.68. The van der Waals surface area contributed by atoms with Gasteiger partial charge in [0.1, 0.15) is 6.04 Å². The van der Waals surface area contributed by atoms with Crippen molar-refractivity contribution in [1.82, 2.24) is 5.32 Å². The van der Waals surface area contributed by atoms with Gasteiger partial charge in [0.25, 0.3) is 0 Å². The van der Waals surface area contributed by atoms with Crippen LogP contribution in [0.5, 0.6) is 0 Å². The molecule has 0 aliphatic carbocycles. The summed E-state index contributed by atoms with van der Waals surface area (Å²) in [6, 6.07) is 8.18. The maximum atomic E-state index is 11.5. The summed E-state index contributed by atoms with van der Waals surface area (Å²) in [5.41, 5.74) is 0.397. The van der Waals surface area contributed by atoms with Crippen LogP contribution in [0.4, 0.5) is 0 Å². The number of ether oxygens (including phenoxy) is 1. The van der Waals surface area contributed by atoms with Gasteiger partial charge in [-0.25, -0.2) is 9.59 Å². The molecular weight excluding hydrogens is 229 g/mol. The van der Waals surface area contributed by atoms with Gasteiger partial charge in [-0.05, 0) is 31.5 Å². The fourth-order valence-electron chi connectivity index (χ4n) is 1.68. The molecule has 0 aromatic heterocycles. The van der Waals surface area contributed by atoms with E-state index in [1.807, 2.05) is 0 Å². The van der Waals surface area contributed by atoms with Crippen molar-refractivity contribution in [2.24, 2.45) is 0 Å². The predicted octanol–water partition coefficient (Wildman–Crippen LogP) is 0.473. The van der Waals surface area contributed by atoms with Crippen molar-refractivity contribution in [3.05, 3.63) is 35.9 Å². The second-order valence-corrected chi connectivity index (χ2v) is 3.72. The molecule has 1 N–H and O–H groups in total. The fraction of sp³-hybridized carbons (Fsp3) is 0.333. The summed E-state index contributed by atoms with van der Waals surface area (Å²) in [5.74, 6) is -1.06. The standard InChI is InChI=1S/C12H13NO3.Na.H/c14-11(9-5-2-1-3-6-9)16-12(15)10-7-4-8-13-10;;/h1-3,5-6,10,13H,4,7-8H2;;/t10-;;/m0../s1. The molecule has 1 aromatic carbocycles. The quantitative estimate of drug-likeness (QED) is 0.466. The van der Waals surface area contributed by atoms with Crippen LogP contribution in [0.25, 0.3) is 0 Å². The summed E-state index contributed by atoms with van der Waals surface area (Å²) in [7, 11) is 0. The molecule has 0 unspecified atom stereocenters. The van der Waals surface area contributed by atoms with Crippen molar-refractivity contribution in [2.45, 2.75) is 18.9 Å². The van der Waals surface area contributed by atoms with Crippen LogP contribution in [0.15, 0.2) is 30.3 Å².